The zero-order valence-corrected chi connectivity index (χ0v) is 13.9. The van der Waals surface area contributed by atoms with Crippen molar-refractivity contribution in [3.63, 3.8) is 0 Å². The Labute approximate surface area is 145 Å². The molecule has 2 N–H and O–H groups in total. The molecule has 0 unspecified atom stereocenters. The van der Waals surface area contributed by atoms with E-state index in [0.717, 1.165) is 11.3 Å². The van der Waals surface area contributed by atoms with E-state index in [9.17, 15) is 9.59 Å². The summed E-state index contributed by atoms with van der Waals surface area (Å²) in [7, 11) is 2.99. The highest BCUT2D eigenvalue weighted by atomic mass is 16.5. The van der Waals surface area contributed by atoms with Crippen LogP contribution in [0.3, 0.4) is 0 Å². The molecule has 7 nitrogen and oxygen atoms in total. The third-order valence-corrected chi connectivity index (χ3v) is 3.42. The molecule has 2 rings (SSSR count). The number of ether oxygens (including phenoxy) is 3. The van der Waals surface area contributed by atoms with Crippen molar-refractivity contribution in [2.24, 2.45) is 0 Å². The van der Waals surface area contributed by atoms with Gasteiger partial charge in [0.1, 0.15) is 5.75 Å². The Hall–Kier alpha value is -3.22. The average molecular weight is 345 g/mol. The normalized spacial score (nSPS) is 10.0. The molecule has 0 spiro atoms. The molecule has 0 aliphatic rings. The maximum absolute atomic E-state index is 11.9. The summed E-state index contributed by atoms with van der Waals surface area (Å²) >= 11 is 0. The SMILES string of the molecule is COc1ccc(CNC(=O)COc2ccc(C(=O)O)cc2OC)cc1. The zero-order valence-electron chi connectivity index (χ0n) is 13.9. The number of carboxylic acids is 1. The lowest BCUT2D eigenvalue weighted by Gasteiger charge is -2.11. The van der Waals surface area contributed by atoms with Gasteiger partial charge in [0.25, 0.3) is 5.91 Å². The van der Waals surface area contributed by atoms with Gasteiger partial charge in [-0.15, -0.1) is 0 Å². The number of nitrogens with one attached hydrogen (secondary N) is 1. The van der Waals surface area contributed by atoms with Crippen LogP contribution in [-0.2, 0) is 11.3 Å². The Morgan fingerprint density at radius 1 is 1.00 bits per heavy atom. The predicted octanol–water partition coefficient (Wildman–Crippen LogP) is 2.10. The third-order valence-electron chi connectivity index (χ3n) is 3.42. The van der Waals surface area contributed by atoms with Crippen LogP contribution in [0.1, 0.15) is 15.9 Å². The summed E-state index contributed by atoms with van der Waals surface area (Å²) in [4.78, 5) is 22.8. The number of aromatic carboxylic acids is 1. The molecule has 25 heavy (non-hydrogen) atoms. The highest BCUT2D eigenvalue weighted by molar-refractivity contribution is 5.88. The van der Waals surface area contributed by atoms with Crippen molar-refractivity contribution in [1.82, 2.24) is 5.32 Å². The number of carbonyl (C=O) groups is 2. The molecule has 1 amide bonds. The Kier molecular flexibility index (Phi) is 6.22. The maximum Gasteiger partial charge on any atom is 0.335 e. The molecule has 0 saturated heterocycles. The zero-order chi connectivity index (χ0) is 18.2. The minimum absolute atomic E-state index is 0.0770. The monoisotopic (exact) mass is 345 g/mol. The fraction of sp³-hybridized carbons (Fsp3) is 0.222. The van der Waals surface area contributed by atoms with E-state index < -0.39 is 5.97 Å². The summed E-state index contributed by atoms with van der Waals surface area (Å²) in [6.07, 6.45) is 0. The first-order chi connectivity index (χ1) is 12.0. The van der Waals surface area contributed by atoms with Gasteiger partial charge in [-0.05, 0) is 35.9 Å². The molecule has 0 fully saturated rings. The first-order valence-corrected chi connectivity index (χ1v) is 7.47. The topological polar surface area (TPSA) is 94.1 Å². The van der Waals surface area contributed by atoms with E-state index >= 15 is 0 Å². The van der Waals surface area contributed by atoms with Crippen LogP contribution < -0.4 is 19.5 Å². The lowest BCUT2D eigenvalue weighted by molar-refractivity contribution is -0.123. The summed E-state index contributed by atoms with van der Waals surface area (Å²) in [5, 5.41) is 11.7. The van der Waals surface area contributed by atoms with E-state index in [4.69, 9.17) is 19.3 Å². The van der Waals surface area contributed by atoms with Crippen LogP contribution in [-0.4, -0.2) is 37.8 Å². The van der Waals surface area contributed by atoms with E-state index in [-0.39, 0.29) is 23.8 Å². The minimum atomic E-state index is -1.07. The van der Waals surface area contributed by atoms with E-state index in [0.29, 0.717) is 12.3 Å². The van der Waals surface area contributed by atoms with Gasteiger partial charge in [-0.2, -0.15) is 0 Å². The van der Waals surface area contributed by atoms with Crippen molar-refractivity contribution in [3.05, 3.63) is 53.6 Å². The Morgan fingerprint density at radius 2 is 1.72 bits per heavy atom. The number of hydrogen-bond acceptors (Lipinski definition) is 5. The van der Waals surface area contributed by atoms with Crippen LogP contribution >= 0.6 is 0 Å². The number of rotatable bonds is 8. The molecule has 0 aliphatic heterocycles. The van der Waals surface area contributed by atoms with E-state index in [1.807, 2.05) is 24.3 Å². The van der Waals surface area contributed by atoms with Crippen molar-refractivity contribution in [2.75, 3.05) is 20.8 Å². The van der Waals surface area contributed by atoms with Gasteiger partial charge in [0.15, 0.2) is 18.1 Å². The van der Waals surface area contributed by atoms with Crippen molar-refractivity contribution >= 4 is 11.9 Å². The van der Waals surface area contributed by atoms with Gasteiger partial charge in [0.05, 0.1) is 19.8 Å². The highest BCUT2D eigenvalue weighted by Crippen LogP contribution is 2.28. The second-order valence-corrected chi connectivity index (χ2v) is 5.08. The fourth-order valence-electron chi connectivity index (χ4n) is 2.06. The maximum atomic E-state index is 11.9. The highest BCUT2D eigenvalue weighted by Gasteiger charge is 2.11. The van der Waals surface area contributed by atoms with Gasteiger partial charge in [0.2, 0.25) is 0 Å². The molecule has 2 aromatic carbocycles. The number of carboxylic acid groups (broad SMARTS) is 1. The number of amides is 1. The molecule has 0 bridgehead atoms. The molecule has 132 valence electrons. The van der Waals surface area contributed by atoms with Crippen molar-refractivity contribution < 1.29 is 28.9 Å². The van der Waals surface area contributed by atoms with Gasteiger partial charge in [-0.1, -0.05) is 12.1 Å². The Morgan fingerprint density at radius 3 is 2.32 bits per heavy atom. The smallest absolute Gasteiger partial charge is 0.335 e. The van der Waals surface area contributed by atoms with E-state index in [1.165, 1.54) is 25.3 Å². The number of carbonyl (C=O) groups excluding carboxylic acids is 1. The van der Waals surface area contributed by atoms with Crippen molar-refractivity contribution in [1.29, 1.82) is 0 Å². The van der Waals surface area contributed by atoms with Crippen LogP contribution in [0.5, 0.6) is 17.2 Å². The number of hydrogen-bond donors (Lipinski definition) is 2. The third kappa shape index (κ3) is 5.13. The lowest BCUT2D eigenvalue weighted by atomic mass is 10.2. The van der Waals surface area contributed by atoms with Gasteiger partial charge < -0.3 is 24.6 Å². The largest absolute Gasteiger partial charge is 0.497 e. The molecule has 0 aromatic heterocycles. The van der Waals surface area contributed by atoms with Crippen LogP contribution in [0.4, 0.5) is 0 Å². The average Bonchev–Trinajstić information content (AvgIpc) is 2.64. The summed E-state index contributed by atoms with van der Waals surface area (Å²) < 4.78 is 15.6. The lowest BCUT2D eigenvalue weighted by Crippen LogP contribution is -2.28. The van der Waals surface area contributed by atoms with Gasteiger partial charge >= 0.3 is 5.97 Å². The predicted molar refractivity (Wildman–Crippen MR) is 90.3 cm³/mol. The summed E-state index contributed by atoms with van der Waals surface area (Å²) in [6, 6.07) is 11.5. The molecule has 0 aliphatic carbocycles. The Balaban J connectivity index is 1.87. The second-order valence-electron chi connectivity index (χ2n) is 5.08. The minimum Gasteiger partial charge on any atom is -0.497 e. The van der Waals surface area contributed by atoms with Crippen LogP contribution in [0.2, 0.25) is 0 Å². The summed E-state index contributed by atoms with van der Waals surface area (Å²) in [6.45, 7) is 0.153. The molecular formula is C18H19NO6. The first-order valence-electron chi connectivity index (χ1n) is 7.47. The summed E-state index contributed by atoms with van der Waals surface area (Å²) in [5.74, 6) is -0.0764. The van der Waals surface area contributed by atoms with E-state index in [1.54, 1.807) is 7.11 Å². The molecule has 7 heteroatoms. The van der Waals surface area contributed by atoms with Crippen molar-refractivity contribution in [3.8, 4) is 17.2 Å². The van der Waals surface area contributed by atoms with Crippen LogP contribution in [0, 0.1) is 0 Å². The molecular weight excluding hydrogens is 326 g/mol. The molecule has 0 atom stereocenters. The van der Waals surface area contributed by atoms with Gasteiger partial charge in [-0.25, -0.2) is 4.79 Å². The summed E-state index contributed by atoms with van der Waals surface area (Å²) in [5.41, 5.74) is 1.01. The Bertz CT molecular complexity index is 742. The molecule has 2 aromatic rings. The van der Waals surface area contributed by atoms with Crippen LogP contribution in [0.15, 0.2) is 42.5 Å². The van der Waals surface area contributed by atoms with Crippen molar-refractivity contribution in [2.45, 2.75) is 6.54 Å². The van der Waals surface area contributed by atoms with Gasteiger partial charge in [0, 0.05) is 6.54 Å². The van der Waals surface area contributed by atoms with E-state index in [2.05, 4.69) is 5.32 Å². The molecule has 0 saturated carbocycles. The molecule has 0 heterocycles. The number of methoxy groups -OCH3 is 2. The second kappa shape index (κ2) is 8.58. The molecule has 0 radical (unpaired) electrons. The van der Waals surface area contributed by atoms with Gasteiger partial charge in [-0.3, -0.25) is 4.79 Å². The quantitative estimate of drug-likeness (QED) is 0.761. The number of benzene rings is 2. The first kappa shape index (κ1) is 18.1. The fourth-order valence-corrected chi connectivity index (χ4v) is 2.06. The standard InChI is InChI=1S/C18H19NO6/c1-23-14-6-3-12(4-7-14)10-19-17(20)11-25-15-8-5-13(18(21)22)9-16(15)24-2/h3-9H,10-11H2,1-2H3,(H,19,20)(H,21,22). The van der Waals surface area contributed by atoms with Crippen LogP contribution in [0.25, 0.3) is 0 Å².